The summed E-state index contributed by atoms with van der Waals surface area (Å²) in [4.78, 5) is 14.6. The van der Waals surface area contributed by atoms with Crippen molar-refractivity contribution in [3.05, 3.63) is 23.8 Å². The maximum Gasteiger partial charge on any atom is 0.227 e. The number of amides is 1. The lowest BCUT2D eigenvalue weighted by molar-refractivity contribution is -0.120. The quantitative estimate of drug-likeness (QED) is 0.881. The molecule has 3 nitrogen and oxygen atoms in total. The maximum absolute atomic E-state index is 12.1. The van der Waals surface area contributed by atoms with Crippen molar-refractivity contribution < 1.29 is 4.79 Å². The predicted octanol–water partition coefficient (Wildman–Crippen LogP) is 3.97. The lowest BCUT2D eigenvalue weighted by Crippen LogP contribution is -2.22. The molecule has 1 fully saturated rings. The zero-order valence-electron chi connectivity index (χ0n) is 12.9. The molecule has 1 heterocycles. The number of rotatable bonds is 5. The smallest absolute Gasteiger partial charge is 0.227 e. The third-order valence-electron chi connectivity index (χ3n) is 4.30. The molecule has 1 aliphatic rings. The lowest BCUT2D eigenvalue weighted by atomic mass is 10.0. The number of carbonyl (C=O) groups is 1. The zero-order valence-corrected chi connectivity index (χ0v) is 12.9. The van der Waals surface area contributed by atoms with E-state index in [-0.39, 0.29) is 11.8 Å². The minimum Gasteiger partial charge on any atom is -0.372 e. The molecule has 1 aromatic carbocycles. The van der Waals surface area contributed by atoms with Crippen LogP contribution in [-0.2, 0) is 4.79 Å². The Morgan fingerprint density at radius 3 is 2.45 bits per heavy atom. The highest BCUT2D eigenvalue weighted by Crippen LogP contribution is 2.26. The van der Waals surface area contributed by atoms with Gasteiger partial charge in [0.15, 0.2) is 0 Å². The molecule has 0 bridgehead atoms. The van der Waals surface area contributed by atoms with Crippen LogP contribution in [0.15, 0.2) is 18.2 Å². The highest BCUT2D eigenvalue weighted by atomic mass is 16.1. The summed E-state index contributed by atoms with van der Waals surface area (Å²) in [6.45, 7) is 8.51. The molecule has 0 radical (unpaired) electrons. The fourth-order valence-electron chi connectivity index (χ4n) is 2.85. The van der Waals surface area contributed by atoms with E-state index in [1.165, 1.54) is 18.5 Å². The zero-order chi connectivity index (χ0) is 14.5. The second-order valence-electron chi connectivity index (χ2n) is 5.70. The maximum atomic E-state index is 12.1. The van der Waals surface area contributed by atoms with E-state index in [4.69, 9.17) is 0 Å². The number of anilines is 2. The van der Waals surface area contributed by atoms with E-state index in [1.54, 1.807) is 0 Å². The molecule has 2 rings (SSSR count). The minimum absolute atomic E-state index is 0.118. The Bertz CT molecular complexity index is 460. The summed E-state index contributed by atoms with van der Waals surface area (Å²) < 4.78 is 0. The van der Waals surface area contributed by atoms with Gasteiger partial charge >= 0.3 is 0 Å². The van der Waals surface area contributed by atoms with E-state index >= 15 is 0 Å². The van der Waals surface area contributed by atoms with Crippen LogP contribution in [0, 0.1) is 12.8 Å². The predicted molar refractivity (Wildman–Crippen MR) is 85.3 cm³/mol. The Labute approximate surface area is 122 Å². The number of nitrogens with zero attached hydrogens (tertiary/aromatic N) is 1. The van der Waals surface area contributed by atoms with Crippen molar-refractivity contribution in [3.8, 4) is 0 Å². The standard InChI is InChI=1S/C17H26N2O/c1-4-14(5-2)17(20)18-16-9-8-15(12-13(16)3)19-10-6-7-11-19/h8-9,12,14H,4-7,10-11H2,1-3H3,(H,18,20). The molecular weight excluding hydrogens is 248 g/mol. The SMILES string of the molecule is CCC(CC)C(=O)Nc1ccc(N2CCCC2)cc1C. The van der Waals surface area contributed by atoms with Crippen LogP contribution < -0.4 is 10.2 Å². The van der Waals surface area contributed by atoms with Gasteiger partial charge in [-0.2, -0.15) is 0 Å². The Hall–Kier alpha value is -1.51. The Morgan fingerprint density at radius 1 is 1.25 bits per heavy atom. The molecule has 20 heavy (non-hydrogen) atoms. The summed E-state index contributed by atoms with van der Waals surface area (Å²) in [5, 5.41) is 3.07. The van der Waals surface area contributed by atoms with Crippen LogP contribution in [0.3, 0.4) is 0 Å². The summed E-state index contributed by atoms with van der Waals surface area (Å²) >= 11 is 0. The van der Waals surface area contributed by atoms with Crippen LogP contribution >= 0.6 is 0 Å². The average Bonchev–Trinajstić information content (AvgIpc) is 2.96. The topological polar surface area (TPSA) is 32.3 Å². The van der Waals surface area contributed by atoms with Gasteiger partial charge in [-0.1, -0.05) is 13.8 Å². The first-order chi connectivity index (χ1) is 9.65. The van der Waals surface area contributed by atoms with Crippen LogP contribution in [0.1, 0.15) is 45.1 Å². The molecule has 3 heteroatoms. The number of hydrogen-bond donors (Lipinski definition) is 1. The molecule has 0 aromatic heterocycles. The van der Waals surface area contributed by atoms with E-state index < -0.39 is 0 Å². The van der Waals surface area contributed by atoms with Gasteiger partial charge in [0, 0.05) is 30.4 Å². The normalized spacial score (nSPS) is 14.9. The van der Waals surface area contributed by atoms with Crippen LogP contribution in [0.2, 0.25) is 0 Å². The van der Waals surface area contributed by atoms with Crippen molar-refractivity contribution in [1.82, 2.24) is 0 Å². The first-order valence-corrected chi connectivity index (χ1v) is 7.82. The van der Waals surface area contributed by atoms with E-state index in [9.17, 15) is 4.79 Å². The molecule has 0 saturated carbocycles. The Morgan fingerprint density at radius 2 is 1.90 bits per heavy atom. The summed E-state index contributed by atoms with van der Waals surface area (Å²) in [5.41, 5.74) is 3.37. The van der Waals surface area contributed by atoms with Gasteiger partial charge in [0.05, 0.1) is 0 Å². The molecular formula is C17H26N2O. The van der Waals surface area contributed by atoms with Gasteiger partial charge in [-0.15, -0.1) is 0 Å². The van der Waals surface area contributed by atoms with E-state index in [2.05, 4.69) is 43.1 Å². The van der Waals surface area contributed by atoms with Crippen molar-refractivity contribution in [2.24, 2.45) is 5.92 Å². The van der Waals surface area contributed by atoms with E-state index in [0.717, 1.165) is 37.2 Å². The van der Waals surface area contributed by atoms with Crippen molar-refractivity contribution in [1.29, 1.82) is 0 Å². The van der Waals surface area contributed by atoms with Crippen molar-refractivity contribution in [3.63, 3.8) is 0 Å². The molecule has 0 aliphatic carbocycles. The van der Waals surface area contributed by atoms with E-state index in [0.29, 0.717) is 0 Å². The summed E-state index contributed by atoms with van der Waals surface area (Å²) in [6.07, 6.45) is 4.36. The number of hydrogen-bond acceptors (Lipinski definition) is 2. The summed E-state index contributed by atoms with van der Waals surface area (Å²) in [5.74, 6) is 0.264. The monoisotopic (exact) mass is 274 g/mol. The fraction of sp³-hybridized carbons (Fsp3) is 0.588. The van der Waals surface area contributed by atoms with Gasteiger partial charge in [-0.05, 0) is 56.4 Å². The molecule has 0 unspecified atom stereocenters. The summed E-state index contributed by atoms with van der Waals surface area (Å²) in [7, 11) is 0. The second-order valence-corrected chi connectivity index (χ2v) is 5.70. The first-order valence-electron chi connectivity index (χ1n) is 7.82. The highest BCUT2D eigenvalue weighted by Gasteiger charge is 2.16. The molecule has 1 saturated heterocycles. The van der Waals surface area contributed by atoms with Crippen LogP contribution in [0.4, 0.5) is 11.4 Å². The van der Waals surface area contributed by atoms with Crippen LogP contribution in [0.25, 0.3) is 0 Å². The van der Waals surface area contributed by atoms with Crippen molar-refractivity contribution >= 4 is 17.3 Å². The molecule has 0 atom stereocenters. The van der Waals surface area contributed by atoms with Gasteiger partial charge < -0.3 is 10.2 Å². The minimum atomic E-state index is 0.118. The number of carbonyl (C=O) groups excluding carboxylic acids is 1. The molecule has 1 aliphatic heterocycles. The van der Waals surface area contributed by atoms with Gasteiger partial charge in [0.25, 0.3) is 0 Å². The van der Waals surface area contributed by atoms with Crippen LogP contribution in [0.5, 0.6) is 0 Å². The van der Waals surface area contributed by atoms with Gasteiger partial charge in [0.1, 0.15) is 0 Å². The molecule has 0 spiro atoms. The fourth-order valence-corrected chi connectivity index (χ4v) is 2.85. The van der Waals surface area contributed by atoms with Gasteiger partial charge in [-0.25, -0.2) is 0 Å². The third-order valence-corrected chi connectivity index (χ3v) is 4.30. The first kappa shape index (κ1) is 14.9. The number of aryl methyl sites for hydroxylation is 1. The average molecular weight is 274 g/mol. The van der Waals surface area contributed by atoms with Crippen molar-refractivity contribution in [2.45, 2.75) is 46.5 Å². The van der Waals surface area contributed by atoms with Crippen LogP contribution in [-0.4, -0.2) is 19.0 Å². The molecule has 1 N–H and O–H groups in total. The third kappa shape index (κ3) is 3.33. The molecule has 1 amide bonds. The lowest BCUT2D eigenvalue weighted by Gasteiger charge is -2.20. The van der Waals surface area contributed by atoms with E-state index in [1.807, 2.05) is 6.07 Å². The largest absolute Gasteiger partial charge is 0.372 e. The van der Waals surface area contributed by atoms with Gasteiger partial charge in [0.2, 0.25) is 5.91 Å². The number of nitrogens with one attached hydrogen (secondary N) is 1. The molecule has 110 valence electrons. The second kappa shape index (κ2) is 6.78. The Kier molecular flexibility index (Phi) is 5.05. The van der Waals surface area contributed by atoms with Crippen molar-refractivity contribution in [2.75, 3.05) is 23.3 Å². The summed E-state index contributed by atoms with van der Waals surface area (Å²) in [6, 6.07) is 6.36. The number of benzene rings is 1. The Balaban J connectivity index is 2.07. The molecule has 1 aromatic rings. The highest BCUT2D eigenvalue weighted by molar-refractivity contribution is 5.93. The van der Waals surface area contributed by atoms with Gasteiger partial charge in [-0.3, -0.25) is 4.79 Å².